The molecule has 3 rings (SSSR count). The van der Waals surface area contributed by atoms with Gasteiger partial charge < -0.3 is 10.1 Å². The van der Waals surface area contributed by atoms with E-state index in [-0.39, 0.29) is 11.8 Å². The third-order valence-electron chi connectivity index (χ3n) is 4.34. The fraction of sp³-hybridized carbons (Fsp3) is 0.217. The predicted molar refractivity (Wildman–Crippen MR) is 121 cm³/mol. The second kappa shape index (κ2) is 10.4. The number of carbonyl (C=O) groups is 2. The van der Waals surface area contributed by atoms with E-state index in [1.165, 1.54) is 11.3 Å². The van der Waals surface area contributed by atoms with E-state index in [2.05, 4.69) is 15.6 Å². The first-order valence-corrected chi connectivity index (χ1v) is 10.7. The fourth-order valence-electron chi connectivity index (χ4n) is 2.71. The lowest BCUT2D eigenvalue weighted by atomic mass is 10.1. The van der Waals surface area contributed by atoms with Gasteiger partial charge in [0.25, 0.3) is 5.91 Å². The molecular formula is C23H22N4O3S. The SMILES string of the molecule is CCCC(=O)Nc1ccc(-c2csc(NC(=O)[C@H](C)Oc3ccc(C#N)cc3)n2)cc1. The molecule has 0 aliphatic rings. The van der Waals surface area contributed by atoms with Crippen LogP contribution < -0.4 is 15.4 Å². The number of nitrogens with one attached hydrogen (secondary N) is 2. The molecule has 8 heteroatoms. The minimum Gasteiger partial charge on any atom is -0.481 e. The smallest absolute Gasteiger partial charge is 0.266 e. The number of carbonyl (C=O) groups excluding carboxylic acids is 2. The van der Waals surface area contributed by atoms with E-state index in [4.69, 9.17) is 10.00 Å². The van der Waals surface area contributed by atoms with Gasteiger partial charge in [-0.1, -0.05) is 19.1 Å². The number of amides is 2. The average molecular weight is 435 g/mol. The highest BCUT2D eigenvalue weighted by Crippen LogP contribution is 2.26. The number of benzene rings is 2. The van der Waals surface area contributed by atoms with Crippen LogP contribution in [0.3, 0.4) is 0 Å². The molecule has 2 N–H and O–H groups in total. The lowest BCUT2D eigenvalue weighted by Crippen LogP contribution is -2.30. The van der Waals surface area contributed by atoms with Gasteiger partial charge in [0.1, 0.15) is 5.75 Å². The van der Waals surface area contributed by atoms with Crippen molar-refractivity contribution in [3.05, 3.63) is 59.5 Å². The quantitative estimate of drug-likeness (QED) is 0.529. The van der Waals surface area contributed by atoms with E-state index in [0.29, 0.717) is 22.9 Å². The molecule has 0 fully saturated rings. The van der Waals surface area contributed by atoms with Gasteiger partial charge in [-0.2, -0.15) is 5.26 Å². The van der Waals surface area contributed by atoms with Gasteiger partial charge in [-0.15, -0.1) is 11.3 Å². The molecule has 0 spiro atoms. The summed E-state index contributed by atoms with van der Waals surface area (Å²) in [4.78, 5) is 28.6. The monoisotopic (exact) mass is 434 g/mol. The molecule has 31 heavy (non-hydrogen) atoms. The Kier molecular flexibility index (Phi) is 7.35. The Balaban J connectivity index is 1.58. The predicted octanol–water partition coefficient (Wildman–Crippen LogP) is 4.83. The van der Waals surface area contributed by atoms with Crippen molar-refractivity contribution in [2.45, 2.75) is 32.8 Å². The first-order valence-electron chi connectivity index (χ1n) is 9.82. The summed E-state index contributed by atoms with van der Waals surface area (Å²) in [6.45, 7) is 3.61. The van der Waals surface area contributed by atoms with Gasteiger partial charge in [0, 0.05) is 23.1 Å². The van der Waals surface area contributed by atoms with Crippen LogP contribution >= 0.6 is 11.3 Å². The zero-order valence-electron chi connectivity index (χ0n) is 17.2. The van der Waals surface area contributed by atoms with Crippen molar-refractivity contribution in [2.75, 3.05) is 10.6 Å². The lowest BCUT2D eigenvalue weighted by molar-refractivity contribution is -0.122. The average Bonchev–Trinajstić information content (AvgIpc) is 3.23. The number of nitrogens with zero attached hydrogens (tertiary/aromatic N) is 2. The van der Waals surface area contributed by atoms with E-state index in [1.54, 1.807) is 31.2 Å². The second-order valence-corrected chi connectivity index (χ2v) is 7.66. The summed E-state index contributed by atoms with van der Waals surface area (Å²) in [6, 6.07) is 16.0. The molecule has 1 aromatic heterocycles. The molecule has 2 aromatic carbocycles. The molecule has 7 nitrogen and oxygen atoms in total. The first kappa shape index (κ1) is 22.0. The molecule has 0 saturated heterocycles. The Bertz CT molecular complexity index is 1090. The van der Waals surface area contributed by atoms with Gasteiger partial charge in [0.2, 0.25) is 5.91 Å². The number of aromatic nitrogens is 1. The molecule has 0 radical (unpaired) electrons. The summed E-state index contributed by atoms with van der Waals surface area (Å²) in [6.07, 6.45) is 0.560. The number of hydrogen-bond acceptors (Lipinski definition) is 6. The highest BCUT2D eigenvalue weighted by molar-refractivity contribution is 7.14. The van der Waals surface area contributed by atoms with Crippen LogP contribution in [0.5, 0.6) is 5.75 Å². The number of hydrogen-bond donors (Lipinski definition) is 2. The fourth-order valence-corrected chi connectivity index (χ4v) is 3.43. The second-order valence-electron chi connectivity index (χ2n) is 6.80. The molecule has 2 amide bonds. The van der Waals surface area contributed by atoms with Crippen molar-refractivity contribution < 1.29 is 14.3 Å². The molecule has 3 aromatic rings. The molecule has 0 aliphatic heterocycles. The lowest BCUT2D eigenvalue weighted by Gasteiger charge is -2.13. The van der Waals surface area contributed by atoms with Crippen molar-refractivity contribution >= 4 is 34.0 Å². The molecule has 0 aliphatic carbocycles. The number of ether oxygens (including phenoxy) is 1. The van der Waals surface area contributed by atoms with Crippen molar-refractivity contribution in [2.24, 2.45) is 0 Å². The normalized spacial score (nSPS) is 11.3. The summed E-state index contributed by atoms with van der Waals surface area (Å²) in [5, 5.41) is 16.8. The van der Waals surface area contributed by atoms with Gasteiger partial charge >= 0.3 is 0 Å². The minimum absolute atomic E-state index is 0.00810. The van der Waals surface area contributed by atoms with Crippen molar-refractivity contribution in [3.63, 3.8) is 0 Å². The van der Waals surface area contributed by atoms with Gasteiger partial charge in [-0.25, -0.2) is 4.98 Å². The summed E-state index contributed by atoms with van der Waals surface area (Å²) in [5.41, 5.74) is 2.87. The van der Waals surface area contributed by atoms with Gasteiger partial charge in [-0.3, -0.25) is 14.9 Å². The van der Waals surface area contributed by atoms with Gasteiger partial charge in [-0.05, 0) is 49.7 Å². The number of thiazole rings is 1. The maximum absolute atomic E-state index is 12.4. The van der Waals surface area contributed by atoms with Crippen LogP contribution in [-0.4, -0.2) is 22.9 Å². The van der Waals surface area contributed by atoms with E-state index >= 15 is 0 Å². The summed E-state index contributed by atoms with van der Waals surface area (Å²) >= 11 is 1.32. The van der Waals surface area contributed by atoms with Crippen LogP contribution in [0.4, 0.5) is 10.8 Å². The third-order valence-corrected chi connectivity index (χ3v) is 5.10. The van der Waals surface area contributed by atoms with E-state index in [0.717, 1.165) is 23.4 Å². The van der Waals surface area contributed by atoms with Gasteiger partial charge in [0.15, 0.2) is 11.2 Å². The molecule has 158 valence electrons. The van der Waals surface area contributed by atoms with Crippen LogP contribution in [0, 0.1) is 11.3 Å². The molecule has 0 bridgehead atoms. The van der Waals surface area contributed by atoms with E-state index in [9.17, 15) is 9.59 Å². The van der Waals surface area contributed by atoms with E-state index in [1.807, 2.05) is 42.6 Å². The van der Waals surface area contributed by atoms with Crippen LogP contribution in [0.15, 0.2) is 53.9 Å². The molecule has 1 heterocycles. The summed E-state index contributed by atoms with van der Waals surface area (Å²) in [5.74, 6) is 0.179. The topological polar surface area (TPSA) is 104 Å². The highest BCUT2D eigenvalue weighted by Gasteiger charge is 2.17. The van der Waals surface area contributed by atoms with Gasteiger partial charge in [0.05, 0.1) is 17.3 Å². The van der Waals surface area contributed by atoms with Crippen molar-refractivity contribution in [1.82, 2.24) is 4.98 Å². The van der Waals surface area contributed by atoms with Crippen molar-refractivity contribution in [1.29, 1.82) is 5.26 Å². The maximum atomic E-state index is 12.4. The maximum Gasteiger partial charge on any atom is 0.266 e. The Hall–Kier alpha value is -3.70. The number of anilines is 2. The summed E-state index contributed by atoms with van der Waals surface area (Å²) < 4.78 is 5.62. The number of rotatable bonds is 8. The zero-order chi connectivity index (χ0) is 22.2. The molecule has 0 saturated carbocycles. The Morgan fingerprint density at radius 2 is 1.84 bits per heavy atom. The Labute approximate surface area is 184 Å². The standard InChI is InChI=1S/C23H22N4O3S/c1-3-4-21(28)25-18-9-7-17(8-10-18)20-14-31-23(26-20)27-22(29)15(2)30-19-11-5-16(13-24)6-12-19/h5-12,14-15H,3-4H2,1-2H3,(H,25,28)(H,26,27,29)/t15-/m0/s1. The number of nitriles is 1. The van der Waals surface area contributed by atoms with Crippen molar-refractivity contribution in [3.8, 4) is 23.1 Å². The van der Waals surface area contributed by atoms with Crippen LogP contribution in [0.25, 0.3) is 11.3 Å². The largest absolute Gasteiger partial charge is 0.481 e. The minimum atomic E-state index is -0.730. The first-order chi connectivity index (χ1) is 15.0. The summed E-state index contributed by atoms with van der Waals surface area (Å²) in [7, 11) is 0. The molecule has 0 unspecified atom stereocenters. The molecule has 1 atom stereocenters. The highest BCUT2D eigenvalue weighted by atomic mass is 32.1. The van der Waals surface area contributed by atoms with E-state index < -0.39 is 6.10 Å². The zero-order valence-corrected chi connectivity index (χ0v) is 18.0. The molecular weight excluding hydrogens is 412 g/mol. The van der Waals surface area contributed by atoms with Crippen LogP contribution in [0.1, 0.15) is 32.3 Å². The van der Waals surface area contributed by atoms with Crippen LogP contribution in [0.2, 0.25) is 0 Å². The van der Waals surface area contributed by atoms with Crippen LogP contribution in [-0.2, 0) is 9.59 Å². The Morgan fingerprint density at radius 1 is 1.13 bits per heavy atom. The third kappa shape index (κ3) is 6.14. The Morgan fingerprint density at radius 3 is 2.48 bits per heavy atom.